The monoisotopic (exact) mass is 233 g/mol. The lowest BCUT2D eigenvalue weighted by molar-refractivity contribution is 0.692. The van der Waals surface area contributed by atoms with Gasteiger partial charge in [0.25, 0.3) is 5.56 Å². The van der Waals surface area contributed by atoms with Crippen molar-refractivity contribution in [3.63, 3.8) is 0 Å². The van der Waals surface area contributed by atoms with Crippen LogP contribution in [0.1, 0.15) is 6.42 Å². The van der Waals surface area contributed by atoms with E-state index in [-0.39, 0.29) is 6.42 Å². The van der Waals surface area contributed by atoms with Crippen LogP contribution >= 0.6 is 0 Å². The number of aromatic nitrogens is 4. The number of aryl methyl sites for hydroxylation is 2. The molecule has 0 aromatic carbocycles. The van der Waals surface area contributed by atoms with Crippen LogP contribution in [0.3, 0.4) is 0 Å². The molecule has 0 radical (unpaired) electrons. The largest absolute Gasteiger partial charge is 0.332 e. The van der Waals surface area contributed by atoms with Gasteiger partial charge in [0.05, 0.1) is 18.8 Å². The molecule has 0 amide bonds. The Morgan fingerprint density at radius 3 is 2.71 bits per heavy atom. The third kappa shape index (κ3) is 1.54. The van der Waals surface area contributed by atoms with Gasteiger partial charge < -0.3 is 4.57 Å². The van der Waals surface area contributed by atoms with E-state index in [1.54, 1.807) is 11.6 Å². The fourth-order valence-electron chi connectivity index (χ4n) is 1.74. The molecule has 0 aliphatic heterocycles. The third-order valence-corrected chi connectivity index (χ3v) is 2.68. The number of imidazole rings is 1. The average molecular weight is 233 g/mol. The van der Waals surface area contributed by atoms with Crippen LogP contribution in [0, 0.1) is 11.3 Å². The summed E-state index contributed by atoms with van der Waals surface area (Å²) in [5.74, 6) is 0. The molecule has 0 aliphatic carbocycles. The molecule has 0 saturated carbocycles. The molecule has 0 aliphatic rings. The van der Waals surface area contributed by atoms with Gasteiger partial charge in [-0.15, -0.1) is 0 Å². The van der Waals surface area contributed by atoms with Gasteiger partial charge in [-0.2, -0.15) is 5.26 Å². The normalized spacial score (nSPS) is 10.6. The van der Waals surface area contributed by atoms with Gasteiger partial charge in [0, 0.05) is 20.6 Å². The summed E-state index contributed by atoms with van der Waals surface area (Å²) in [7, 11) is 2.98. The summed E-state index contributed by atoms with van der Waals surface area (Å²) in [6.45, 7) is 0.389. The summed E-state index contributed by atoms with van der Waals surface area (Å²) in [6.07, 6.45) is 1.76. The Hall–Kier alpha value is -2.36. The van der Waals surface area contributed by atoms with Gasteiger partial charge in [-0.25, -0.2) is 9.78 Å². The summed E-state index contributed by atoms with van der Waals surface area (Å²) < 4.78 is 3.95. The molecule has 7 heteroatoms. The lowest BCUT2D eigenvalue weighted by atomic mass is 10.4. The number of nitrogens with zero attached hydrogens (tertiary/aromatic N) is 5. The maximum atomic E-state index is 12.0. The molecule has 2 aromatic heterocycles. The van der Waals surface area contributed by atoms with Gasteiger partial charge in [-0.1, -0.05) is 0 Å². The summed E-state index contributed by atoms with van der Waals surface area (Å²) in [5.41, 5.74) is -0.104. The van der Waals surface area contributed by atoms with Crippen molar-refractivity contribution in [2.45, 2.75) is 13.0 Å². The molecule has 0 unspecified atom stereocenters. The molecule has 2 rings (SSSR count). The van der Waals surface area contributed by atoms with Gasteiger partial charge in [0.1, 0.15) is 0 Å². The van der Waals surface area contributed by atoms with Gasteiger partial charge in [-0.05, 0) is 0 Å². The number of nitriles is 1. The van der Waals surface area contributed by atoms with E-state index in [9.17, 15) is 9.59 Å². The van der Waals surface area contributed by atoms with Gasteiger partial charge in [0.2, 0.25) is 0 Å². The zero-order valence-electron chi connectivity index (χ0n) is 9.54. The molecule has 0 fully saturated rings. The molecule has 2 heterocycles. The first-order valence-corrected chi connectivity index (χ1v) is 5.05. The molecule has 17 heavy (non-hydrogen) atoms. The molecule has 0 bridgehead atoms. The van der Waals surface area contributed by atoms with Crippen LogP contribution in [0.25, 0.3) is 11.2 Å². The first kappa shape index (κ1) is 11.1. The SMILES string of the molecule is Cn1c(=O)c2c(ncn2CCC#N)n(C)c1=O. The Labute approximate surface area is 96.2 Å². The van der Waals surface area contributed by atoms with E-state index >= 15 is 0 Å². The van der Waals surface area contributed by atoms with Gasteiger partial charge >= 0.3 is 5.69 Å². The lowest BCUT2D eigenvalue weighted by Crippen LogP contribution is -2.37. The standard InChI is InChI=1S/C10H11N5O2/c1-13-8-7(9(16)14(2)10(13)17)15(6-12-8)5-3-4-11/h6H,3,5H2,1-2H3. The van der Waals surface area contributed by atoms with Crippen molar-refractivity contribution in [3.8, 4) is 6.07 Å². The Morgan fingerprint density at radius 2 is 2.06 bits per heavy atom. The molecule has 88 valence electrons. The highest BCUT2D eigenvalue weighted by atomic mass is 16.2. The maximum Gasteiger partial charge on any atom is 0.332 e. The zero-order chi connectivity index (χ0) is 12.6. The minimum Gasteiger partial charge on any atom is -0.324 e. The van der Waals surface area contributed by atoms with E-state index in [0.717, 1.165) is 4.57 Å². The van der Waals surface area contributed by atoms with E-state index in [0.29, 0.717) is 17.7 Å². The second-order valence-electron chi connectivity index (χ2n) is 3.72. The minimum absolute atomic E-state index is 0.289. The minimum atomic E-state index is -0.409. The predicted octanol–water partition coefficient (Wildman–Crippen LogP) is -0.653. The molecular weight excluding hydrogens is 222 g/mol. The second-order valence-corrected chi connectivity index (χ2v) is 3.72. The van der Waals surface area contributed by atoms with Crippen molar-refractivity contribution < 1.29 is 0 Å². The first-order valence-electron chi connectivity index (χ1n) is 5.05. The van der Waals surface area contributed by atoms with Crippen LogP contribution in [-0.2, 0) is 20.6 Å². The fourth-order valence-corrected chi connectivity index (χ4v) is 1.74. The fraction of sp³-hybridized carbons (Fsp3) is 0.400. The maximum absolute atomic E-state index is 12.0. The van der Waals surface area contributed by atoms with Crippen molar-refractivity contribution in [1.82, 2.24) is 18.7 Å². The smallest absolute Gasteiger partial charge is 0.324 e. The van der Waals surface area contributed by atoms with Gasteiger partial charge in [-0.3, -0.25) is 13.9 Å². The highest BCUT2D eigenvalue weighted by Crippen LogP contribution is 2.05. The molecule has 7 nitrogen and oxygen atoms in total. The Kier molecular flexibility index (Phi) is 2.55. The molecule has 0 atom stereocenters. The van der Waals surface area contributed by atoms with E-state index in [1.807, 2.05) is 6.07 Å². The molecule has 0 N–H and O–H groups in total. The Morgan fingerprint density at radius 1 is 1.35 bits per heavy atom. The van der Waals surface area contributed by atoms with E-state index in [4.69, 9.17) is 5.26 Å². The van der Waals surface area contributed by atoms with Crippen molar-refractivity contribution in [1.29, 1.82) is 5.26 Å². The number of rotatable bonds is 2. The average Bonchev–Trinajstić information content (AvgIpc) is 2.75. The number of hydrogen-bond acceptors (Lipinski definition) is 4. The second kappa shape index (κ2) is 3.90. The van der Waals surface area contributed by atoms with Crippen LogP contribution in [0.4, 0.5) is 0 Å². The van der Waals surface area contributed by atoms with Gasteiger partial charge in [0.15, 0.2) is 11.2 Å². The Balaban J connectivity index is 2.82. The van der Waals surface area contributed by atoms with Crippen molar-refractivity contribution in [2.75, 3.05) is 0 Å². The van der Waals surface area contributed by atoms with Crippen molar-refractivity contribution >= 4 is 11.2 Å². The van der Waals surface area contributed by atoms with Crippen LogP contribution in [0.5, 0.6) is 0 Å². The highest BCUT2D eigenvalue weighted by Gasteiger charge is 2.13. The summed E-state index contributed by atoms with van der Waals surface area (Å²) in [4.78, 5) is 27.6. The quantitative estimate of drug-likeness (QED) is 0.689. The summed E-state index contributed by atoms with van der Waals surface area (Å²) >= 11 is 0. The number of fused-ring (bicyclic) bond motifs is 1. The van der Waals surface area contributed by atoms with Crippen LogP contribution in [-0.4, -0.2) is 18.7 Å². The summed E-state index contributed by atoms with van der Waals surface area (Å²) in [5, 5.41) is 8.54. The molecule has 0 saturated heterocycles. The molecular formula is C10H11N5O2. The lowest BCUT2D eigenvalue weighted by Gasteiger charge is -2.04. The number of hydrogen-bond donors (Lipinski definition) is 0. The first-order chi connectivity index (χ1) is 8.07. The Bertz CT molecular complexity index is 728. The molecule has 0 spiro atoms. The third-order valence-electron chi connectivity index (χ3n) is 2.68. The van der Waals surface area contributed by atoms with Crippen molar-refractivity contribution in [2.24, 2.45) is 14.1 Å². The van der Waals surface area contributed by atoms with Crippen LogP contribution in [0.2, 0.25) is 0 Å². The topological polar surface area (TPSA) is 85.6 Å². The van der Waals surface area contributed by atoms with E-state index in [1.165, 1.54) is 17.9 Å². The van der Waals surface area contributed by atoms with E-state index < -0.39 is 11.2 Å². The zero-order valence-corrected chi connectivity index (χ0v) is 9.54. The summed E-state index contributed by atoms with van der Waals surface area (Å²) in [6, 6.07) is 2.00. The predicted molar refractivity (Wildman–Crippen MR) is 60.4 cm³/mol. The molecule has 2 aromatic rings. The van der Waals surface area contributed by atoms with Crippen LogP contribution in [0.15, 0.2) is 15.9 Å². The van der Waals surface area contributed by atoms with E-state index in [2.05, 4.69) is 4.98 Å². The van der Waals surface area contributed by atoms with Crippen molar-refractivity contribution in [3.05, 3.63) is 27.2 Å². The highest BCUT2D eigenvalue weighted by molar-refractivity contribution is 5.69. The van der Waals surface area contributed by atoms with Crippen LogP contribution < -0.4 is 11.2 Å².